The smallest absolute Gasteiger partial charge is 0.0404 e. The molecule has 0 saturated heterocycles. The summed E-state index contributed by atoms with van der Waals surface area (Å²) in [5, 5.41) is 0.611. The Morgan fingerprint density at radius 3 is 2.90 bits per heavy atom. The van der Waals surface area contributed by atoms with Gasteiger partial charge < -0.3 is 0 Å². The van der Waals surface area contributed by atoms with Crippen molar-refractivity contribution in [1.29, 1.82) is 0 Å². The molecular formula is C8H12S2. The lowest BCUT2D eigenvalue weighted by Gasteiger charge is -2.18. The van der Waals surface area contributed by atoms with Crippen LogP contribution in [0.3, 0.4) is 0 Å². The lowest BCUT2D eigenvalue weighted by molar-refractivity contribution is 0.899. The van der Waals surface area contributed by atoms with Crippen LogP contribution in [-0.4, -0.2) is 10.1 Å². The van der Waals surface area contributed by atoms with Gasteiger partial charge in [-0.2, -0.15) is 0 Å². The van der Waals surface area contributed by atoms with E-state index < -0.39 is 0 Å². The lowest BCUT2D eigenvalue weighted by Crippen LogP contribution is -2.13. The number of thiocarbonyl (C=S) groups is 1. The first-order valence-electron chi connectivity index (χ1n) is 3.54. The van der Waals surface area contributed by atoms with E-state index in [2.05, 4.69) is 13.0 Å². The highest BCUT2D eigenvalue weighted by atomic mass is 32.2. The molecule has 0 nitrogen and oxygen atoms in total. The van der Waals surface area contributed by atoms with Gasteiger partial charge in [0.15, 0.2) is 0 Å². The van der Waals surface area contributed by atoms with Gasteiger partial charge >= 0.3 is 0 Å². The SMILES string of the molecule is CC(=S)C1CCC=C(C)S1. The van der Waals surface area contributed by atoms with Gasteiger partial charge in [-0.05, 0) is 31.6 Å². The van der Waals surface area contributed by atoms with E-state index in [1.54, 1.807) is 0 Å². The molecule has 2 heteroatoms. The number of rotatable bonds is 1. The molecule has 1 atom stereocenters. The lowest BCUT2D eigenvalue weighted by atomic mass is 10.2. The van der Waals surface area contributed by atoms with Gasteiger partial charge in [0.25, 0.3) is 0 Å². The summed E-state index contributed by atoms with van der Waals surface area (Å²) in [6, 6.07) is 0. The van der Waals surface area contributed by atoms with Gasteiger partial charge in [0.1, 0.15) is 0 Å². The molecule has 1 aliphatic heterocycles. The molecule has 0 saturated carbocycles. The van der Waals surface area contributed by atoms with Crippen molar-refractivity contribution < 1.29 is 0 Å². The van der Waals surface area contributed by atoms with E-state index in [0.717, 1.165) is 4.86 Å². The topological polar surface area (TPSA) is 0 Å². The van der Waals surface area contributed by atoms with E-state index in [1.165, 1.54) is 17.7 Å². The summed E-state index contributed by atoms with van der Waals surface area (Å²) >= 11 is 7.03. The minimum Gasteiger partial charge on any atom is -0.122 e. The third kappa shape index (κ3) is 2.10. The zero-order valence-electron chi connectivity index (χ0n) is 6.39. The molecule has 0 fully saturated rings. The van der Waals surface area contributed by atoms with Crippen LogP contribution in [0, 0.1) is 0 Å². The summed E-state index contributed by atoms with van der Waals surface area (Å²) < 4.78 is 0. The van der Waals surface area contributed by atoms with Crippen molar-refractivity contribution in [2.75, 3.05) is 0 Å². The number of hydrogen-bond donors (Lipinski definition) is 0. The highest BCUT2D eigenvalue weighted by molar-refractivity contribution is 8.05. The predicted molar refractivity (Wildman–Crippen MR) is 52.6 cm³/mol. The first-order chi connectivity index (χ1) is 4.70. The highest BCUT2D eigenvalue weighted by Gasteiger charge is 2.14. The van der Waals surface area contributed by atoms with Crippen LogP contribution in [0.5, 0.6) is 0 Å². The highest BCUT2D eigenvalue weighted by Crippen LogP contribution is 2.30. The van der Waals surface area contributed by atoms with Crippen molar-refractivity contribution >= 4 is 28.8 Å². The molecule has 0 N–H and O–H groups in total. The van der Waals surface area contributed by atoms with Crippen molar-refractivity contribution in [2.45, 2.75) is 31.9 Å². The summed E-state index contributed by atoms with van der Waals surface area (Å²) in [5.74, 6) is 0. The second kappa shape index (κ2) is 3.54. The molecule has 56 valence electrons. The van der Waals surface area contributed by atoms with Crippen LogP contribution >= 0.6 is 24.0 Å². The van der Waals surface area contributed by atoms with E-state index in [9.17, 15) is 0 Å². The van der Waals surface area contributed by atoms with Gasteiger partial charge in [-0.1, -0.05) is 18.3 Å². The Morgan fingerprint density at radius 2 is 2.50 bits per heavy atom. The number of allylic oxidation sites excluding steroid dienone is 2. The summed E-state index contributed by atoms with van der Waals surface area (Å²) in [6.45, 7) is 4.21. The molecule has 10 heavy (non-hydrogen) atoms. The maximum absolute atomic E-state index is 5.12. The van der Waals surface area contributed by atoms with Crippen molar-refractivity contribution in [3.63, 3.8) is 0 Å². The van der Waals surface area contributed by atoms with Gasteiger partial charge in [-0.3, -0.25) is 0 Å². The van der Waals surface area contributed by atoms with Crippen LogP contribution in [0.4, 0.5) is 0 Å². The standard InChI is InChI=1S/C8H12S2/c1-6-4-3-5-8(10-6)7(2)9/h4,8H,3,5H2,1-2H3. The zero-order chi connectivity index (χ0) is 7.56. The second-order valence-electron chi connectivity index (χ2n) is 2.61. The largest absolute Gasteiger partial charge is 0.122 e. The molecule has 0 radical (unpaired) electrons. The second-order valence-corrected chi connectivity index (χ2v) is 4.70. The molecule has 0 aromatic rings. The maximum Gasteiger partial charge on any atom is 0.0404 e. The Bertz CT molecular complexity index is 170. The van der Waals surface area contributed by atoms with Gasteiger partial charge in [0.05, 0.1) is 0 Å². The van der Waals surface area contributed by atoms with Crippen LogP contribution in [0.2, 0.25) is 0 Å². The van der Waals surface area contributed by atoms with Gasteiger partial charge in [-0.25, -0.2) is 0 Å². The van der Waals surface area contributed by atoms with Crippen molar-refractivity contribution in [3.05, 3.63) is 11.0 Å². The van der Waals surface area contributed by atoms with Crippen molar-refractivity contribution in [2.24, 2.45) is 0 Å². The molecule has 0 aromatic carbocycles. The molecule has 1 aliphatic rings. The number of thioether (sulfide) groups is 1. The molecule has 0 amide bonds. The summed E-state index contributed by atoms with van der Waals surface area (Å²) in [6.07, 6.45) is 4.73. The minimum absolute atomic E-state index is 0.611. The Morgan fingerprint density at radius 1 is 1.80 bits per heavy atom. The monoisotopic (exact) mass is 172 g/mol. The fourth-order valence-electron chi connectivity index (χ4n) is 1.06. The van der Waals surface area contributed by atoms with Crippen LogP contribution in [0.15, 0.2) is 11.0 Å². The first-order valence-corrected chi connectivity index (χ1v) is 4.83. The van der Waals surface area contributed by atoms with E-state index in [1.807, 2.05) is 18.7 Å². The fraction of sp³-hybridized carbons (Fsp3) is 0.625. The van der Waals surface area contributed by atoms with Crippen molar-refractivity contribution in [1.82, 2.24) is 0 Å². The molecule has 1 rings (SSSR count). The molecule has 1 unspecified atom stereocenters. The van der Waals surface area contributed by atoms with Gasteiger partial charge in [0.2, 0.25) is 0 Å². The Hall–Kier alpha value is 0.180. The quantitative estimate of drug-likeness (QED) is 0.557. The Kier molecular flexibility index (Phi) is 2.93. The minimum atomic E-state index is 0.611. The zero-order valence-corrected chi connectivity index (χ0v) is 8.02. The first kappa shape index (κ1) is 8.28. The van der Waals surface area contributed by atoms with Crippen LogP contribution in [0.25, 0.3) is 0 Å². The van der Waals surface area contributed by atoms with E-state index >= 15 is 0 Å². The molecule has 0 bridgehead atoms. The average Bonchev–Trinajstić information content (AvgIpc) is 1.88. The fourth-order valence-corrected chi connectivity index (χ4v) is 2.40. The van der Waals surface area contributed by atoms with Gasteiger partial charge in [-0.15, -0.1) is 11.8 Å². The Balaban J connectivity index is 2.53. The normalized spacial score (nSPS) is 25.8. The molecule has 0 spiro atoms. The number of hydrogen-bond acceptors (Lipinski definition) is 2. The van der Waals surface area contributed by atoms with Crippen LogP contribution in [-0.2, 0) is 0 Å². The maximum atomic E-state index is 5.12. The van der Waals surface area contributed by atoms with Crippen LogP contribution in [0.1, 0.15) is 26.7 Å². The van der Waals surface area contributed by atoms with E-state index in [0.29, 0.717) is 5.25 Å². The van der Waals surface area contributed by atoms with Crippen molar-refractivity contribution in [3.8, 4) is 0 Å². The summed E-state index contributed by atoms with van der Waals surface area (Å²) in [4.78, 5) is 2.58. The molecule has 0 aromatic heterocycles. The third-order valence-corrected chi connectivity index (χ3v) is 3.49. The van der Waals surface area contributed by atoms with E-state index in [4.69, 9.17) is 12.2 Å². The molecule has 0 aliphatic carbocycles. The van der Waals surface area contributed by atoms with Crippen LogP contribution < -0.4 is 0 Å². The van der Waals surface area contributed by atoms with E-state index in [-0.39, 0.29) is 0 Å². The molecule has 1 heterocycles. The summed E-state index contributed by atoms with van der Waals surface area (Å²) in [5.41, 5.74) is 0. The van der Waals surface area contributed by atoms with Gasteiger partial charge in [0, 0.05) is 10.1 Å². The summed E-state index contributed by atoms with van der Waals surface area (Å²) in [7, 11) is 0. The molecular weight excluding hydrogens is 160 g/mol. The Labute approximate surface area is 72.1 Å². The predicted octanol–water partition coefficient (Wildman–Crippen LogP) is 3.18. The third-order valence-electron chi connectivity index (χ3n) is 1.64. The average molecular weight is 172 g/mol.